The summed E-state index contributed by atoms with van der Waals surface area (Å²) in [6.07, 6.45) is 0. The van der Waals surface area contributed by atoms with Crippen molar-refractivity contribution in [3.05, 3.63) is 10.2 Å². The second-order valence-electron chi connectivity index (χ2n) is 2.76. The predicted octanol–water partition coefficient (Wildman–Crippen LogP) is 0.667. The summed E-state index contributed by atoms with van der Waals surface area (Å²) in [4.78, 5) is 0. The second kappa shape index (κ2) is 4.50. The number of aryl methyl sites for hydroxylation is 1. The fraction of sp³-hybridized carbons (Fsp3) is 0.571. The van der Waals surface area contributed by atoms with Crippen LogP contribution in [-0.4, -0.2) is 32.4 Å². The summed E-state index contributed by atoms with van der Waals surface area (Å²) < 4.78 is 33.7. The molecular formula is C7H11BrN2O4S. The summed E-state index contributed by atoms with van der Waals surface area (Å²) in [6, 6.07) is 0. The highest BCUT2D eigenvalue weighted by Gasteiger charge is 2.20. The topological polar surface area (TPSA) is 70.4 Å². The molecule has 0 atom stereocenters. The molecule has 1 aromatic heterocycles. The zero-order valence-electron chi connectivity index (χ0n) is 8.52. The van der Waals surface area contributed by atoms with Gasteiger partial charge in [-0.05, 0) is 15.9 Å². The van der Waals surface area contributed by atoms with Crippen molar-refractivity contribution >= 4 is 26.0 Å². The zero-order chi connectivity index (χ0) is 11.6. The lowest BCUT2D eigenvalue weighted by Gasteiger charge is -1.99. The van der Waals surface area contributed by atoms with Gasteiger partial charge in [0.2, 0.25) is 5.88 Å². The normalized spacial score (nSPS) is 11.7. The number of ether oxygens (including phenoxy) is 1. The summed E-state index contributed by atoms with van der Waals surface area (Å²) in [6.45, 7) is 0. The van der Waals surface area contributed by atoms with Gasteiger partial charge < -0.3 is 4.74 Å². The van der Waals surface area contributed by atoms with E-state index in [9.17, 15) is 8.42 Å². The van der Waals surface area contributed by atoms with Crippen LogP contribution in [0.5, 0.6) is 5.88 Å². The van der Waals surface area contributed by atoms with E-state index in [-0.39, 0.29) is 5.75 Å². The lowest BCUT2D eigenvalue weighted by Crippen LogP contribution is -2.07. The number of halogens is 1. The van der Waals surface area contributed by atoms with Crippen LogP contribution in [0.4, 0.5) is 0 Å². The molecule has 8 heteroatoms. The molecule has 0 saturated heterocycles. The maximum Gasteiger partial charge on any atom is 0.272 e. The van der Waals surface area contributed by atoms with Crippen LogP contribution in [-0.2, 0) is 27.1 Å². The molecule has 86 valence electrons. The van der Waals surface area contributed by atoms with Crippen molar-refractivity contribution in [2.45, 2.75) is 5.75 Å². The Morgan fingerprint density at radius 1 is 1.47 bits per heavy atom. The zero-order valence-corrected chi connectivity index (χ0v) is 10.9. The highest BCUT2D eigenvalue weighted by Crippen LogP contribution is 2.28. The minimum atomic E-state index is -3.57. The monoisotopic (exact) mass is 298 g/mol. The number of hydrogen-bond acceptors (Lipinski definition) is 5. The van der Waals surface area contributed by atoms with Crippen LogP contribution < -0.4 is 4.74 Å². The van der Waals surface area contributed by atoms with Gasteiger partial charge in [-0.15, -0.1) is 0 Å². The molecule has 1 heterocycles. The summed E-state index contributed by atoms with van der Waals surface area (Å²) in [7, 11) is 0.688. The largest absolute Gasteiger partial charge is 0.480 e. The van der Waals surface area contributed by atoms with Crippen molar-refractivity contribution < 1.29 is 17.3 Å². The molecule has 0 saturated carbocycles. The van der Waals surface area contributed by atoms with Crippen LogP contribution in [0, 0.1) is 0 Å². The Labute approximate surface area is 96.4 Å². The van der Waals surface area contributed by atoms with Crippen LogP contribution in [0.1, 0.15) is 5.69 Å². The number of methoxy groups -OCH3 is 1. The predicted molar refractivity (Wildman–Crippen MR) is 57.1 cm³/mol. The van der Waals surface area contributed by atoms with Gasteiger partial charge >= 0.3 is 0 Å². The van der Waals surface area contributed by atoms with Crippen LogP contribution in [0.25, 0.3) is 0 Å². The number of nitrogens with zero attached hydrogens (tertiary/aromatic N) is 2. The fourth-order valence-corrected chi connectivity index (χ4v) is 2.55. The minimum absolute atomic E-state index is 0.290. The van der Waals surface area contributed by atoms with Crippen LogP contribution in [0.3, 0.4) is 0 Å². The number of aromatic nitrogens is 2. The molecule has 0 aliphatic carbocycles. The van der Waals surface area contributed by atoms with Gasteiger partial charge in [0.15, 0.2) is 0 Å². The lowest BCUT2D eigenvalue weighted by atomic mass is 10.5. The summed E-state index contributed by atoms with van der Waals surface area (Å²) in [5.74, 6) is 0.178. The summed E-state index contributed by atoms with van der Waals surface area (Å²) in [5.41, 5.74) is 0.358. The lowest BCUT2D eigenvalue weighted by molar-refractivity contribution is 0.371. The SMILES string of the molecule is COc1c(Br)c(CS(=O)(=O)OC)nn1C. The summed E-state index contributed by atoms with van der Waals surface area (Å²) in [5, 5.41) is 4.00. The van der Waals surface area contributed by atoms with Crippen molar-refractivity contribution in [1.29, 1.82) is 0 Å². The third kappa shape index (κ3) is 2.70. The first-order valence-electron chi connectivity index (χ1n) is 3.95. The van der Waals surface area contributed by atoms with Crippen molar-refractivity contribution in [3.8, 4) is 5.88 Å². The van der Waals surface area contributed by atoms with E-state index in [1.807, 2.05) is 0 Å². The van der Waals surface area contributed by atoms with E-state index in [1.54, 1.807) is 7.05 Å². The van der Waals surface area contributed by atoms with E-state index in [0.29, 0.717) is 16.0 Å². The molecule has 0 N–H and O–H groups in total. The van der Waals surface area contributed by atoms with Gasteiger partial charge in [-0.3, -0.25) is 4.18 Å². The molecule has 0 spiro atoms. The number of hydrogen-bond donors (Lipinski definition) is 0. The van der Waals surface area contributed by atoms with Crippen molar-refractivity contribution in [3.63, 3.8) is 0 Å². The van der Waals surface area contributed by atoms with Crippen LogP contribution in [0.15, 0.2) is 4.47 Å². The van der Waals surface area contributed by atoms with E-state index in [0.717, 1.165) is 7.11 Å². The van der Waals surface area contributed by atoms with Gasteiger partial charge in [0, 0.05) is 7.05 Å². The van der Waals surface area contributed by atoms with E-state index in [4.69, 9.17) is 4.74 Å². The van der Waals surface area contributed by atoms with Gasteiger partial charge in [-0.25, -0.2) is 4.68 Å². The van der Waals surface area contributed by atoms with Crippen molar-refractivity contribution in [2.75, 3.05) is 14.2 Å². The van der Waals surface area contributed by atoms with Crippen molar-refractivity contribution in [1.82, 2.24) is 9.78 Å². The van der Waals surface area contributed by atoms with E-state index < -0.39 is 10.1 Å². The molecule has 0 fully saturated rings. The Hall–Kier alpha value is -0.600. The third-order valence-electron chi connectivity index (χ3n) is 1.77. The van der Waals surface area contributed by atoms with Gasteiger partial charge in [0.25, 0.3) is 10.1 Å². The Balaban J connectivity index is 3.07. The first-order chi connectivity index (χ1) is 6.91. The first-order valence-corrected chi connectivity index (χ1v) is 6.32. The fourth-order valence-electron chi connectivity index (χ4n) is 1.08. The molecule has 0 radical (unpaired) electrons. The molecule has 1 aromatic rings. The van der Waals surface area contributed by atoms with Gasteiger partial charge in [0.05, 0.1) is 19.9 Å². The standard InChI is InChI=1S/C7H11BrN2O4S/c1-10-7(13-2)6(8)5(9-10)4-15(11,12)14-3/h4H2,1-3H3. The van der Waals surface area contributed by atoms with E-state index in [2.05, 4.69) is 25.2 Å². The molecule has 6 nitrogen and oxygen atoms in total. The molecule has 0 bridgehead atoms. The molecule has 0 unspecified atom stereocenters. The average Bonchev–Trinajstić information content (AvgIpc) is 2.41. The highest BCUT2D eigenvalue weighted by atomic mass is 79.9. The molecule has 15 heavy (non-hydrogen) atoms. The highest BCUT2D eigenvalue weighted by molar-refractivity contribution is 9.10. The Morgan fingerprint density at radius 2 is 2.07 bits per heavy atom. The first kappa shape index (κ1) is 12.5. The Kier molecular flexibility index (Phi) is 3.74. The van der Waals surface area contributed by atoms with Gasteiger partial charge in [-0.2, -0.15) is 13.5 Å². The average molecular weight is 299 g/mol. The maximum atomic E-state index is 11.2. The third-order valence-corrected chi connectivity index (χ3v) is 3.70. The van der Waals surface area contributed by atoms with Crippen molar-refractivity contribution in [2.24, 2.45) is 7.05 Å². The van der Waals surface area contributed by atoms with Gasteiger partial charge in [-0.1, -0.05) is 0 Å². The van der Waals surface area contributed by atoms with Crippen LogP contribution in [0.2, 0.25) is 0 Å². The molecule has 0 amide bonds. The molecule has 0 aliphatic rings. The van der Waals surface area contributed by atoms with Crippen LogP contribution >= 0.6 is 15.9 Å². The molecule has 0 aliphatic heterocycles. The minimum Gasteiger partial charge on any atom is -0.480 e. The quantitative estimate of drug-likeness (QED) is 0.764. The number of rotatable bonds is 4. The molecule has 1 rings (SSSR count). The van der Waals surface area contributed by atoms with Gasteiger partial charge in [0.1, 0.15) is 10.2 Å². The summed E-state index contributed by atoms with van der Waals surface area (Å²) >= 11 is 3.22. The van der Waals surface area contributed by atoms with E-state index >= 15 is 0 Å². The second-order valence-corrected chi connectivity index (χ2v) is 5.29. The molecular weight excluding hydrogens is 288 g/mol. The molecule has 0 aromatic carbocycles. The van der Waals surface area contributed by atoms with E-state index in [1.165, 1.54) is 11.8 Å². The Bertz CT molecular complexity index is 454. The maximum absolute atomic E-state index is 11.2. The smallest absolute Gasteiger partial charge is 0.272 e. The Morgan fingerprint density at radius 3 is 2.47 bits per heavy atom.